The number of benzene rings is 2. The van der Waals surface area contributed by atoms with Crippen molar-refractivity contribution in [1.82, 2.24) is 10.6 Å². The summed E-state index contributed by atoms with van der Waals surface area (Å²) in [6, 6.07) is 11.2. The van der Waals surface area contributed by atoms with E-state index in [1.54, 1.807) is 48.5 Å². The van der Waals surface area contributed by atoms with Gasteiger partial charge in [-0.3, -0.25) is 9.59 Å². The van der Waals surface area contributed by atoms with Crippen molar-refractivity contribution >= 4 is 39.5 Å². The maximum Gasteiger partial charge on any atom is 0.319 e. The van der Waals surface area contributed by atoms with Crippen molar-refractivity contribution < 1.29 is 29.3 Å². The van der Waals surface area contributed by atoms with Crippen LogP contribution in [0.4, 0.5) is 10.5 Å². The lowest BCUT2D eigenvalue weighted by Crippen LogP contribution is -2.53. The topological polar surface area (TPSA) is 163 Å². The van der Waals surface area contributed by atoms with Crippen molar-refractivity contribution in [3.63, 3.8) is 0 Å². The number of carbonyl (C=O) groups is 3. The highest BCUT2D eigenvalue weighted by Crippen LogP contribution is 2.23. The molecule has 0 heterocycles. The highest BCUT2D eigenvalue weighted by atomic mass is 79.9. The molecule has 3 rings (SSSR count). The quantitative estimate of drug-likeness (QED) is 0.291. The van der Waals surface area contributed by atoms with Crippen LogP contribution in [0.15, 0.2) is 64.7 Å². The van der Waals surface area contributed by atoms with Crippen molar-refractivity contribution in [2.75, 3.05) is 12.4 Å². The van der Waals surface area contributed by atoms with Gasteiger partial charge in [0, 0.05) is 22.9 Å². The van der Waals surface area contributed by atoms with Gasteiger partial charge in [-0.05, 0) is 45.8 Å². The van der Waals surface area contributed by atoms with Crippen molar-refractivity contribution in [3.05, 3.63) is 70.2 Å². The van der Waals surface area contributed by atoms with E-state index in [1.807, 2.05) is 0 Å². The number of urea groups is 1. The molecule has 4 atom stereocenters. The molecule has 1 aliphatic carbocycles. The van der Waals surface area contributed by atoms with Crippen LogP contribution in [0, 0.1) is 0 Å². The summed E-state index contributed by atoms with van der Waals surface area (Å²) in [5.41, 5.74) is 6.85. The van der Waals surface area contributed by atoms with Crippen molar-refractivity contribution in [1.29, 1.82) is 0 Å². The molecule has 0 radical (unpaired) electrons. The molecule has 0 fully saturated rings. The van der Waals surface area contributed by atoms with Gasteiger partial charge in [-0.15, -0.1) is 0 Å². The fraction of sp³-hybridized carbons (Fsp3) is 0.292. The number of anilines is 1. The third kappa shape index (κ3) is 7.04. The van der Waals surface area contributed by atoms with Crippen LogP contribution in [0.1, 0.15) is 12.0 Å². The van der Waals surface area contributed by atoms with Crippen LogP contribution in [0.2, 0.25) is 0 Å². The molecular weight excluding hydrogens is 520 g/mol. The van der Waals surface area contributed by atoms with Crippen molar-refractivity contribution in [2.45, 2.75) is 37.1 Å². The van der Waals surface area contributed by atoms with E-state index in [4.69, 9.17) is 10.5 Å². The van der Waals surface area contributed by atoms with E-state index < -0.39 is 42.1 Å². The molecule has 11 heteroatoms. The Morgan fingerprint density at radius 3 is 2.46 bits per heavy atom. The van der Waals surface area contributed by atoms with Gasteiger partial charge in [0.15, 0.2) is 0 Å². The predicted octanol–water partition coefficient (Wildman–Crippen LogP) is 1.21. The number of rotatable bonds is 8. The van der Waals surface area contributed by atoms with E-state index in [1.165, 1.54) is 13.2 Å². The van der Waals surface area contributed by atoms with Gasteiger partial charge in [0.1, 0.15) is 17.9 Å². The second-order valence-electron chi connectivity index (χ2n) is 8.04. The summed E-state index contributed by atoms with van der Waals surface area (Å²) in [4.78, 5) is 37.3. The van der Waals surface area contributed by atoms with Crippen LogP contribution < -0.4 is 26.4 Å². The highest BCUT2D eigenvalue weighted by Gasteiger charge is 2.34. The van der Waals surface area contributed by atoms with E-state index in [0.717, 1.165) is 5.56 Å². The summed E-state index contributed by atoms with van der Waals surface area (Å²) < 4.78 is 5.77. The first-order valence-electron chi connectivity index (χ1n) is 10.8. The lowest BCUT2D eigenvalue weighted by molar-refractivity contribution is -0.125. The Bertz CT molecular complexity index is 1110. The number of methoxy groups -OCH3 is 1. The molecule has 0 spiro atoms. The number of nitrogens with one attached hydrogen (secondary N) is 3. The molecule has 7 N–H and O–H groups in total. The number of para-hydroxylation sites is 1. The number of aliphatic hydroxyl groups excluding tert-OH is 2. The van der Waals surface area contributed by atoms with Crippen LogP contribution >= 0.6 is 15.9 Å². The van der Waals surface area contributed by atoms with Gasteiger partial charge in [-0.25, -0.2) is 4.79 Å². The maximum atomic E-state index is 12.9. The monoisotopic (exact) mass is 546 g/mol. The maximum absolute atomic E-state index is 12.9. The van der Waals surface area contributed by atoms with Crippen molar-refractivity contribution in [2.24, 2.45) is 5.73 Å². The largest absolute Gasteiger partial charge is 0.497 e. The summed E-state index contributed by atoms with van der Waals surface area (Å²) in [5.74, 6) is -0.713. The SMILES string of the molecule is COc1ccc(C[C@H](NC(=O)C2=C[C@@H](NC(=O)Nc3ccccc3Br)[C@@H](O)[C@H](O)C2)C(N)=O)cc1. The van der Waals surface area contributed by atoms with Gasteiger partial charge < -0.3 is 36.6 Å². The van der Waals surface area contributed by atoms with Gasteiger partial charge >= 0.3 is 6.03 Å². The third-order valence-corrected chi connectivity index (χ3v) is 6.22. The van der Waals surface area contributed by atoms with E-state index in [-0.39, 0.29) is 18.4 Å². The summed E-state index contributed by atoms with van der Waals surface area (Å²) in [7, 11) is 1.54. The summed E-state index contributed by atoms with van der Waals surface area (Å²) >= 11 is 3.32. The zero-order valence-corrected chi connectivity index (χ0v) is 20.5. The molecule has 0 unspecified atom stereocenters. The first-order valence-corrected chi connectivity index (χ1v) is 11.6. The van der Waals surface area contributed by atoms with E-state index in [0.29, 0.717) is 15.9 Å². The normalized spacial score (nSPS) is 20.2. The number of aliphatic hydroxyl groups is 2. The Kier molecular flexibility index (Phi) is 8.85. The van der Waals surface area contributed by atoms with Crippen LogP contribution in [0.5, 0.6) is 5.75 Å². The second-order valence-corrected chi connectivity index (χ2v) is 8.89. The molecule has 2 aromatic rings. The Morgan fingerprint density at radius 1 is 1.14 bits per heavy atom. The third-order valence-electron chi connectivity index (χ3n) is 5.53. The zero-order chi connectivity index (χ0) is 25.5. The summed E-state index contributed by atoms with van der Waals surface area (Å²) in [6.45, 7) is 0. The molecule has 186 valence electrons. The Morgan fingerprint density at radius 2 is 1.83 bits per heavy atom. The number of carbonyl (C=O) groups excluding carboxylic acids is 3. The fourth-order valence-electron chi connectivity index (χ4n) is 3.61. The molecule has 0 bridgehead atoms. The lowest BCUT2D eigenvalue weighted by Gasteiger charge is -2.31. The Balaban J connectivity index is 1.69. The minimum Gasteiger partial charge on any atom is -0.497 e. The van der Waals surface area contributed by atoms with E-state index in [2.05, 4.69) is 31.9 Å². The Labute approximate surface area is 210 Å². The van der Waals surface area contributed by atoms with Crippen LogP contribution in [-0.4, -0.2) is 59.5 Å². The van der Waals surface area contributed by atoms with E-state index in [9.17, 15) is 24.6 Å². The zero-order valence-electron chi connectivity index (χ0n) is 18.9. The molecular formula is C24H27BrN4O6. The standard InChI is InChI=1S/C24H27BrN4O6/c1-35-15-8-6-13(7-9-15)10-19(22(26)32)27-23(33)14-11-18(21(31)20(30)12-14)29-24(34)28-17-5-3-2-4-16(17)25/h2-9,11,18-21,30-31H,10,12H2,1H3,(H2,26,32)(H,27,33)(H2,28,29,34)/t18-,19+,20-,21-/m1/s1. The van der Waals surface area contributed by atoms with Crippen LogP contribution in [0.25, 0.3) is 0 Å². The molecule has 0 aromatic heterocycles. The van der Waals surface area contributed by atoms with Crippen LogP contribution in [0.3, 0.4) is 0 Å². The van der Waals surface area contributed by atoms with Gasteiger partial charge in [-0.2, -0.15) is 0 Å². The average molecular weight is 547 g/mol. The smallest absolute Gasteiger partial charge is 0.319 e. The lowest BCUT2D eigenvalue weighted by atomic mass is 9.90. The van der Waals surface area contributed by atoms with Gasteiger partial charge in [0.2, 0.25) is 11.8 Å². The highest BCUT2D eigenvalue weighted by molar-refractivity contribution is 9.10. The second kappa shape index (κ2) is 11.8. The Hall–Kier alpha value is -3.41. The molecule has 0 aliphatic heterocycles. The first kappa shape index (κ1) is 26.2. The number of hydrogen-bond acceptors (Lipinski definition) is 6. The minimum atomic E-state index is -1.33. The first-order chi connectivity index (χ1) is 16.7. The fourth-order valence-corrected chi connectivity index (χ4v) is 3.99. The summed E-state index contributed by atoms with van der Waals surface area (Å²) in [5, 5.41) is 28.4. The molecule has 0 saturated carbocycles. The molecule has 1 aliphatic rings. The van der Waals surface area contributed by atoms with Gasteiger partial charge in [-0.1, -0.05) is 30.3 Å². The molecule has 35 heavy (non-hydrogen) atoms. The number of hydrogen-bond donors (Lipinski definition) is 6. The van der Waals surface area contributed by atoms with E-state index >= 15 is 0 Å². The summed E-state index contributed by atoms with van der Waals surface area (Å²) in [6.07, 6.45) is -1.28. The van der Waals surface area contributed by atoms with Crippen molar-refractivity contribution in [3.8, 4) is 5.75 Å². The van der Waals surface area contributed by atoms with Crippen LogP contribution in [-0.2, 0) is 16.0 Å². The molecule has 10 nitrogen and oxygen atoms in total. The minimum absolute atomic E-state index is 0.106. The molecule has 0 saturated heterocycles. The molecule has 2 aromatic carbocycles. The predicted molar refractivity (Wildman–Crippen MR) is 133 cm³/mol. The number of amides is 4. The van der Waals surface area contributed by atoms with Gasteiger partial charge in [0.05, 0.1) is 24.9 Å². The number of halogens is 1. The molecule has 4 amide bonds. The number of primary amides is 1. The van der Waals surface area contributed by atoms with Gasteiger partial charge in [0.25, 0.3) is 0 Å². The average Bonchev–Trinajstić information content (AvgIpc) is 2.83. The number of ether oxygens (including phenoxy) is 1. The number of nitrogens with two attached hydrogens (primary N) is 1.